The summed E-state index contributed by atoms with van der Waals surface area (Å²) >= 11 is 0. The minimum absolute atomic E-state index is 0.0717. The van der Waals surface area contributed by atoms with Crippen molar-refractivity contribution in [2.24, 2.45) is 5.92 Å². The van der Waals surface area contributed by atoms with Gasteiger partial charge in [0.15, 0.2) is 0 Å². The summed E-state index contributed by atoms with van der Waals surface area (Å²) in [6.45, 7) is 3.22. The fourth-order valence-corrected chi connectivity index (χ4v) is 1.53. The summed E-state index contributed by atoms with van der Waals surface area (Å²) < 4.78 is 11.7. The molecule has 1 aliphatic rings. The molecule has 0 N–H and O–H groups in total. The number of aromatic nitrogens is 2. The molecule has 0 saturated carbocycles. The van der Waals surface area contributed by atoms with Gasteiger partial charge < -0.3 is 9.47 Å². The molecule has 82 valence electrons. The molecule has 0 bridgehead atoms. The monoisotopic (exact) mass is 210 g/mol. The van der Waals surface area contributed by atoms with E-state index in [-0.39, 0.29) is 6.10 Å². The standard InChI is InChI=1S/C10H14N2O3/c1-2-8-5-14-9(8)6-15-10(13)12-4-3-11-7-12/h3-4,7-9H,2,5-6H2,1H3. The first-order chi connectivity index (χ1) is 7.31. The van der Waals surface area contributed by atoms with Crippen LogP contribution in [0.4, 0.5) is 4.79 Å². The normalized spacial score (nSPS) is 24.6. The number of carbonyl (C=O) groups is 1. The van der Waals surface area contributed by atoms with Crippen LogP contribution in [0.25, 0.3) is 0 Å². The number of ether oxygens (including phenoxy) is 2. The predicted octanol–water partition coefficient (Wildman–Crippen LogP) is 1.29. The van der Waals surface area contributed by atoms with Crippen molar-refractivity contribution in [3.8, 4) is 0 Å². The van der Waals surface area contributed by atoms with Crippen molar-refractivity contribution in [3.63, 3.8) is 0 Å². The first-order valence-corrected chi connectivity index (χ1v) is 5.08. The van der Waals surface area contributed by atoms with Crippen LogP contribution in [-0.2, 0) is 9.47 Å². The zero-order valence-corrected chi connectivity index (χ0v) is 8.63. The highest BCUT2D eigenvalue weighted by Gasteiger charge is 2.31. The molecule has 0 aliphatic carbocycles. The molecule has 2 unspecified atom stereocenters. The molecule has 1 aromatic heterocycles. The van der Waals surface area contributed by atoms with Crippen LogP contribution in [-0.4, -0.2) is 35.0 Å². The second kappa shape index (κ2) is 4.44. The van der Waals surface area contributed by atoms with Gasteiger partial charge in [0, 0.05) is 18.3 Å². The van der Waals surface area contributed by atoms with Gasteiger partial charge in [0.2, 0.25) is 0 Å². The van der Waals surface area contributed by atoms with Gasteiger partial charge in [-0.15, -0.1) is 0 Å². The van der Waals surface area contributed by atoms with Crippen molar-refractivity contribution in [1.82, 2.24) is 9.55 Å². The minimum atomic E-state index is -0.405. The fraction of sp³-hybridized carbons (Fsp3) is 0.600. The van der Waals surface area contributed by atoms with Gasteiger partial charge in [0.05, 0.1) is 12.7 Å². The Labute approximate surface area is 88.0 Å². The number of hydrogen-bond donors (Lipinski definition) is 0. The molecule has 2 heterocycles. The summed E-state index contributed by atoms with van der Waals surface area (Å²) in [4.78, 5) is 15.2. The number of carbonyl (C=O) groups excluding carboxylic acids is 1. The smallest absolute Gasteiger partial charge is 0.419 e. The topological polar surface area (TPSA) is 53.4 Å². The lowest BCUT2D eigenvalue weighted by Gasteiger charge is -2.35. The van der Waals surface area contributed by atoms with E-state index in [9.17, 15) is 4.79 Å². The Balaban J connectivity index is 1.76. The van der Waals surface area contributed by atoms with Crippen molar-refractivity contribution in [2.45, 2.75) is 19.4 Å². The summed E-state index contributed by atoms with van der Waals surface area (Å²) in [7, 11) is 0. The summed E-state index contributed by atoms with van der Waals surface area (Å²) in [5.74, 6) is 0.528. The SMILES string of the molecule is CCC1COC1COC(=O)n1ccnc1. The third-order valence-corrected chi connectivity index (χ3v) is 2.66. The summed E-state index contributed by atoms with van der Waals surface area (Å²) in [6.07, 6.45) is 5.24. The minimum Gasteiger partial charge on any atom is -0.446 e. The first-order valence-electron chi connectivity index (χ1n) is 5.08. The maximum absolute atomic E-state index is 11.4. The molecule has 2 atom stereocenters. The quantitative estimate of drug-likeness (QED) is 0.754. The van der Waals surface area contributed by atoms with Crippen LogP contribution in [0, 0.1) is 5.92 Å². The lowest BCUT2D eigenvalue weighted by atomic mass is 9.96. The number of nitrogens with zero attached hydrogens (tertiary/aromatic N) is 2. The van der Waals surface area contributed by atoms with Crippen molar-refractivity contribution in [1.29, 1.82) is 0 Å². The van der Waals surface area contributed by atoms with E-state index in [1.165, 1.54) is 17.1 Å². The maximum Gasteiger partial charge on any atom is 0.419 e. The molecule has 0 radical (unpaired) electrons. The van der Waals surface area contributed by atoms with E-state index in [1.54, 1.807) is 6.20 Å². The second-order valence-corrected chi connectivity index (χ2v) is 3.59. The third kappa shape index (κ3) is 2.18. The number of hydrogen-bond acceptors (Lipinski definition) is 4. The van der Waals surface area contributed by atoms with E-state index in [2.05, 4.69) is 11.9 Å². The Bertz CT molecular complexity index is 321. The highest BCUT2D eigenvalue weighted by atomic mass is 16.6. The Kier molecular flexibility index (Phi) is 3.01. The van der Waals surface area contributed by atoms with Crippen LogP contribution in [0.1, 0.15) is 13.3 Å². The summed E-state index contributed by atoms with van der Waals surface area (Å²) in [5.41, 5.74) is 0. The molecule has 1 saturated heterocycles. The average molecular weight is 210 g/mol. The highest BCUT2D eigenvalue weighted by Crippen LogP contribution is 2.23. The Morgan fingerprint density at radius 1 is 1.73 bits per heavy atom. The van der Waals surface area contributed by atoms with Crippen LogP contribution in [0.15, 0.2) is 18.7 Å². The van der Waals surface area contributed by atoms with Gasteiger partial charge in [0.25, 0.3) is 0 Å². The molecule has 2 rings (SSSR count). The van der Waals surface area contributed by atoms with Crippen LogP contribution >= 0.6 is 0 Å². The first kappa shape index (κ1) is 10.2. The Morgan fingerprint density at radius 2 is 2.60 bits per heavy atom. The van der Waals surface area contributed by atoms with Crippen LogP contribution < -0.4 is 0 Å². The summed E-state index contributed by atoms with van der Waals surface area (Å²) in [5, 5.41) is 0. The Hall–Kier alpha value is -1.36. The molecule has 0 amide bonds. The highest BCUT2D eigenvalue weighted by molar-refractivity contribution is 5.69. The lowest BCUT2D eigenvalue weighted by molar-refractivity contribution is -0.136. The third-order valence-electron chi connectivity index (χ3n) is 2.66. The Morgan fingerprint density at radius 3 is 3.13 bits per heavy atom. The zero-order chi connectivity index (χ0) is 10.7. The molecule has 1 aromatic rings. The van der Waals surface area contributed by atoms with Gasteiger partial charge in [0.1, 0.15) is 12.9 Å². The van der Waals surface area contributed by atoms with E-state index in [0.717, 1.165) is 13.0 Å². The van der Waals surface area contributed by atoms with E-state index < -0.39 is 6.09 Å². The molecule has 1 fully saturated rings. The second-order valence-electron chi connectivity index (χ2n) is 3.59. The molecular formula is C10H14N2O3. The van der Waals surface area contributed by atoms with E-state index >= 15 is 0 Å². The maximum atomic E-state index is 11.4. The molecule has 5 nitrogen and oxygen atoms in total. The van der Waals surface area contributed by atoms with Gasteiger partial charge in [-0.25, -0.2) is 14.3 Å². The fourth-order valence-electron chi connectivity index (χ4n) is 1.53. The number of rotatable bonds is 3. The van der Waals surface area contributed by atoms with Gasteiger partial charge in [-0.2, -0.15) is 0 Å². The van der Waals surface area contributed by atoms with Gasteiger partial charge in [-0.1, -0.05) is 6.92 Å². The molecule has 0 aromatic carbocycles. The van der Waals surface area contributed by atoms with Crippen molar-refractivity contribution in [2.75, 3.05) is 13.2 Å². The predicted molar refractivity (Wildman–Crippen MR) is 52.5 cm³/mol. The average Bonchev–Trinajstić information content (AvgIpc) is 2.69. The van der Waals surface area contributed by atoms with Crippen LogP contribution in [0.5, 0.6) is 0 Å². The number of imidazole rings is 1. The van der Waals surface area contributed by atoms with Crippen molar-refractivity contribution in [3.05, 3.63) is 18.7 Å². The molecule has 1 aliphatic heterocycles. The largest absolute Gasteiger partial charge is 0.446 e. The van der Waals surface area contributed by atoms with E-state index in [0.29, 0.717) is 12.5 Å². The molecule has 0 spiro atoms. The van der Waals surface area contributed by atoms with Crippen molar-refractivity contribution < 1.29 is 14.3 Å². The summed E-state index contributed by atoms with van der Waals surface area (Å²) in [6, 6.07) is 0. The zero-order valence-electron chi connectivity index (χ0n) is 8.63. The van der Waals surface area contributed by atoms with Crippen molar-refractivity contribution >= 4 is 6.09 Å². The lowest BCUT2D eigenvalue weighted by Crippen LogP contribution is -2.43. The molecular weight excluding hydrogens is 196 g/mol. The van der Waals surface area contributed by atoms with Crippen LogP contribution in [0.3, 0.4) is 0 Å². The van der Waals surface area contributed by atoms with E-state index in [4.69, 9.17) is 9.47 Å². The van der Waals surface area contributed by atoms with E-state index in [1.807, 2.05) is 0 Å². The van der Waals surface area contributed by atoms with Crippen LogP contribution in [0.2, 0.25) is 0 Å². The van der Waals surface area contributed by atoms with Gasteiger partial charge in [-0.05, 0) is 6.42 Å². The van der Waals surface area contributed by atoms with Gasteiger partial charge >= 0.3 is 6.09 Å². The molecule has 15 heavy (non-hydrogen) atoms. The molecule has 5 heteroatoms. The van der Waals surface area contributed by atoms with Gasteiger partial charge in [-0.3, -0.25) is 0 Å².